The van der Waals surface area contributed by atoms with Crippen molar-refractivity contribution >= 4 is 0 Å². The third-order valence-corrected chi connectivity index (χ3v) is 4.43. The first-order valence-electron chi connectivity index (χ1n) is 8.76. The summed E-state index contributed by atoms with van der Waals surface area (Å²) in [6.07, 6.45) is 5.21. The average molecular weight is 330 g/mol. The van der Waals surface area contributed by atoms with E-state index in [0.717, 1.165) is 29.5 Å². The van der Waals surface area contributed by atoms with Crippen LogP contribution in [0.25, 0.3) is 22.3 Å². The summed E-state index contributed by atoms with van der Waals surface area (Å²) in [5, 5.41) is 0. The van der Waals surface area contributed by atoms with E-state index in [-0.39, 0.29) is 0 Å². The zero-order chi connectivity index (χ0) is 17.8. The number of hydrogen-bond donors (Lipinski definition) is 0. The number of benzene rings is 2. The Morgan fingerprint density at radius 2 is 1.36 bits per heavy atom. The van der Waals surface area contributed by atoms with E-state index in [1.54, 1.807) is 7.11 Å². The van der Waals surface area contributed by atoms with E-state index in [1.165, 1.54) is 22.3 Å². The van der Waals surface area contributed by atoms with Gasteiger partial charge in [-0.15, -0.1) is 0 Å². The maximum absolute atomic E-state index is 5.61. The summed E-state index contributed by atoms with van der Waals surface area (Å²) >= 11 is 0. The Bertz CT molecular complexity index is 849. The second-order valence-corrected chi connectivity index (χ2v) is 6.44. The lowest BCUT2D eigenvalue weighted by Crippen LogP contribution is -2.00. The van der Waals surface area contributed by atoms with Crippen LogP contribution in [0.5, 0.6) is 5.88 Å². The van der Waals surface area contributed by atoms with E-state index in [1.807, 2.05) is 0 Å². The van der Waals surface area contributed by atoms with Crippen molar-refractivity contribution < 1.29 is 4.74 Å². The first kappa shape index (κ1) is 17.2. The molecule has 0 aliphatic rings. The van der Waals surface area contributed by atoms with Gasteiger partial charge in [-0.25, -0.2) is 4.98 Å². The van der Waals surface area contributed by atoms with Gasteiger partial charge in [0.15, 0.2) is 0 Å². The first-order chi connectivity index (χ1) is 12.1. The van der Waals surface area contributed by atoms with E-state index in [9.17, 15) is 0 Å². The molecule has 0 N–H and O–H groups in total. The molecule has 1 heterocycles. The van der Waals surface area contributed by atoms with E-state index in [4.69, 9.17) is 4.74 Å². The molecule has 3 rings (SSSR count). The van der Waals surface area contributed by atoms with Crippen LogP contribution in [0, 0.1) is 20.0 Å². The highest BCUT2D eigenvalue weighted by Gasteiger charge is 2.19. The molecule has 25 heavy (non-hydrogen) atoms. The number of aromatic nitrogens is 1. The lowest BCUT2D eigenvalue weighted by molar-refractivity contribution is 0.399. The number of nitrogens with zero attached hydrogens (tertiary/aromatic N) is 1. The molecule has 0 atom stereocenters. The Kier molecular flexibility index (Phi) is 5.18. The van der Waals surface area contributed by atoms with E-state index >= 15 is 0 Å². The maximum Gasteiger partial charge on any atom is 0.222 e. The van der Waals surface area contributed by atoms with Crippen LogP contribution >= 0.6 is 0 Å². The fourth-order valence-corrected chi connectivity index (χ4v) is 3.09. The van der Waals surface area contributed by atoms with Crippen LogP contribution in [0.3, 0.4) is 0 Å². The van der Waals surface area contributed by atoms with Gasteiger partial charge in [0.05, 0.1) is 18.9 Å². The Labute approximate surface area is 150 Å². The zero-order valence-corrected chi connectivity index (χ0v) is 15.4. The summed E-state index contributed by atoms with van der Waals surface area (Å²) in [5.74, 6) is 0.624. The van der Waals surface area contributed by atoms with Crippen molar-refractivity contribution in [3.8, 4) is 28.1 Å². The van der Waals surface area contributed by atoms with Crippen molar-refractivity contribution in [1.29, 1.82) is 0 Å². The highest BCUT2D eigenvalue weighted by Crippen LogP contribution is 2.40. The molecule has 0 amide bonds. The number of aryl methyl sites for hydroxylation is 3. The van der Waals surface area contributed by atoms with E-state index in [0.29, 0.717) is 5.88 Å². The molecule has 0 aliphatic carbocycles. The molecule has 2 heteroatoms. The van der Waals surface area contributed by atoms with Crippen LogP contribution in [0.4, 0.5) is 0 Å². The Morgan fingerprint density at radius 1 is 0.840 bits per heavy atom. The standard InChI is InChI=1S/C23H24NO/c1-5-6-20-15-24-23(25-4)22(19-13-9-17(3)10-14-19)21(20)18-11-7-16(2)8-12-18/h7-14H,5-6H2,1-4H3. The normalized spacial score (nSPS) is 10.7. The molecule has 0 aliphatic heterocycles. The fourth-order valence-electron chi connectivity index (χ4n) is 3.09. The molecular weight excluding hydrogens is 306 g/mol. The highest BCUT2D eigenvalue weighted by molar-refractivity contribution is 5.88. The van der Waals surface area contributed by atoms with Crippen molar-refractivity contribution in [1.82, 2.24) is 4.98 Å². The van der Waals surface area contributed by atoms with Gasteiger partial charge in [0, 0.05) is 5.56 Å². The number of hydrogen-bond acceptors (Lipinski definition) is 2. The molecule has 0 saturated carbocycles. The molecule has 3 aromatic rings. The number of rotatable bonds is 5. The van der Waals surface area contributed by atoms with Crippen molar-refractivity contribution in [3.05, 3.63) is 71.4 Å². The fraction of sp³-hybridized carbons (Fsp3) is 0.261. The maximum atomic E-state index is 5.61. The molecule has 1 aromatic heterocycles. The predicted octanol–water partition coefficient (Wildman–Crippen LogP) is 5.79. The summed E-state index contributed by atoms with van der Waals surface area (Å²) in [6.45, 7) is 6.39. The molecule has 0 spiro atoms. The summed E-state index contributed by atoms with van der Waals surface area (Å²) < 4.78 is 5.61. The van der Waals surface area contributed by atoms with E-state index in [2.05, 4.69) is 80.5 Å². The van der Waals surface area contributed by atoms with Gasteiger partial charge in [0.25, 0.3) is 0 Å². The smallest absolute Gasteiger partial charge is 0.222 e. The van der Waals surface area contributed by atoms with Gasteiger partial charge >= 0.3 is 0 Å². The quantitative estimate of drug-likeness (QED) is 0.590. The Balaban J connectivity index is 2.31. The minimum atomic E-state index is 0.624. The average Bonchev–Trinajstić information content (AvgIpc) is 2.63. The van der Waals surface area contributed by atoms with Crippen LogP contribution in [-0.2, 0) is 6.42 Å². The minimum absolute atomic E-state index is 0.624. The number of ether oxygens (including phenoxy) is 1. The van der Waals surface area contributed by atoms with Crippen LogP contribution in [0.1, 0.15) is 30.0 Å². The van der Waals surface area contributed by atoms with Crippen LogP contribution in [-0.4, -0.2) is 12.1 Å². The molecular formula is C23H24NO. The molecule has 2 aromatic carbocycles. The second kappa shape index (κ2) is 7.52. The summed E-state index contributed by atoms with van der Waals surface area (Å²) in [7, 11) is 1.67. The zero-order valence-electron chi connectivity index (χ0n) is 15.4. The monoisotopic (exact) mass is 330 g/mol. The molecule has 0 bridgehead atoms. The third-order valence-electron chi connectivity index (χ3n) is 4.43. The largest absolute Gasteiger partial charge is 0.481 e. The molecule has 2 nitrogen and oxygen atoms in total. The SMILES string of the molecule is CCCc1[c]nc(OC)c(-c2ccc(C)cc2)c1-c1ccc(C)cc1. The van der Waals surface area contributed by atoms with Crippen LogP contribution < -0.4 is 4.74 Å². The summed E-state index contributed by atoms with van der Waals surface area (Å²) in [6, 6.07) is 17.2. The van der Waals surface area contributed by atoms with E-state index < -0.39 is 0 Å². The van der Waals surface area contributed by atoms with Crippen molar-refractivity contribution in [2.75, 3.05) is 7.11 Å². The third kappa shape index (κ3) is 3.58. The lowest BCUT2D eigenvalue weighted by atomic mass is 9.90. The highest BCUT2D eigenvalue weighted by atomic mass is 16.5. The molecule has 127 valence electrons. The van der Waals surface area contributed by atoms with Crippen molar-refractivity contribution in [2.45, 2.75) is 33.6 Å². The second-order valence-electron chi connectivity index (χ2n) is 6.44. The first-order valence-corrected chi connectivity index (χ1v) is 8.76. The molecule has 0 fully saturated rings. The number of methoxy groups -OCH3 is 1. The van der Waals surface area contributed by atoms with Gasteiger partial charge in [-0.2, -0.15) is 0 Å². The topological polar surface area (TPSA) is 22.1 Å². The van der Waals surface area contributed by atoms with Crippen molar-refractivity contribution in [3.63, 3.8) is 0 Å². The van der Waals surface area contributed by atoms with Gasteiger partial charge in [0.1, 0.15) is 0 Å². The molecule has 1 radical (unpaired) electrons. The van der Waals surface area contributed by atoms with Crippen LogP contribution in [0.15, 0.2) is 48.5 Å². The summed E-state index contributed by atoms with van der Waals surface area (Å²) in [4.78, 5) is 4.47. The molecule has 0 saturated heterocycles. The lowest BCUT2D eigenvalue weighted by Gasteiger charge is -2.18. The molecule has 0 unspecified atom stereocenters. The number of pyridine rings is 1. The van der Waals surface area contributed by atoms with Gasteiger partial charge in [-0.1, -0.05) is 73.0 Å². The van der Waals surface area contributed by atoms with Gasteiger partial charge in [-0.05, 0) is 37.0 Å². The Hall–Kier alpha value is -2.61. The van der Waals surface area contributed by atoms with Crippen molar-refractivity contribution in [2.24, 2.45) is 0 Å². The van der Waals surface area contributed by atoms with Gasteiger partial charge in [0.2, 0.25) is 5.88 Å². The Morgan fingerprint density at radius 3 is 1.84 bits per heavy atom. The van der Waals surface area contributed by atoms with Gasteiger partial charge < -0.3 is 4.74 Å². The predicted molar refractivity (Wildman–Crippen MR) is 104 cm³/mol. The summed E-state index contributed by atoms with van der Waals surface area (Å²) in [5.41, 5.74) is 8.17. The minimum Gasteiger partial charge on any atom is -0.481 e. The van der Waals surface area contributed by atoms with Crippen LogP contribution in [0.2, 0.25) is 0 Å². The van der Waals surface area contributed by atoms with Gasteiger partial charge in [-0.3, -0.25) is 0 Å².